The summed E-state index contributed by atoms with van der Waals surface area (Å²) in [6, 6.07) is 0. The Morgan fingerprint density at radius 2 is 2.13 bits per heavy atom. The minimum atomic E-state index is -0.510. The quantitative estimate of drug-likeness (QED) is 0.875. The van der Waals surface area contributed by atoms with E-state index in [-0.39, 0.29) is 0 Å². The van der Waals surface area contributed by atoms with Gasteiger partial charge in [0.25, 0.3) is 0 Å². The standard InChI is InChI=1S/C10H13N3S2/c1-6-8(15-7(2)13-6)10(3,11)9-12-4-5-14-9/h4-5H,11H2,1-3H3. The monoisotopic (exact) mass is 239 g/mol. The van der Waals surface area contributed by atoms with Gasteiger partial charge in [-0.3, -0.25) is 0 Å². The molecule has 2 aromatic heterocycles. The smallest absolute Gasteiger partial charge is 0.118 e. The molecule has 0 saturated heterocycles. The summed E-state index contributed by atoms with van der Waals surface area (Å²) in [5.41, 5.74) is 6.84. The number of aryl methyl sites for hydroxylation is 2. The van der Waals surface area contributed by atoms with Crippen LogP contribution < -0.4 is 5.73 Å². The van der Waals surface area contributed by atoms with Gasteiger partial charge in [-0.25, -0.2) is 9.97 Å². The van der Waals surface area contributed by atoms with Crippen molar-refractivity contribution in [2.75, 3.05) is 0 Å². The summed E-state index contributed by atoms with van der Waals surface area (Å²) in [6.07, 6.45) is 1.79. The first-order valence-electron chi connectivity index (χ1n) is 4.65. The number of rotatable bonds is 2. The van der Waals surface area contributed by atoms with E-state index in [0.29, 0.717) is 0 Å². The average molecular weight is 239 g/mol. The lowest BCUT2D eigenvalue weighted by molar-refractivity contribution is 0.605. The number of hydrogen-bond acceptors (Lipinski definition) is 5. The SMILES string of the molecule is Cc1nc(C)c(C(C)(N)c2nccs2)s1. The predicted octanol–water partition coefficient (Wildman–Crippen LogP) is 2.44. The number of nitrogens with two attached hydrogens (primary N) is 1. The zero-order valence-corrected chi connectivity index (χ0v) is 10.6. The molecule has 15 heavy (non-hydrogen) atoms. The summed E-state index contributed by atoms with van der Waals surface area (Å²) in [6.45, 7) is 5.99. The Balaban J connectivity index is 2.50. The lowest BCUT2D eigenvalue weighted by atomic mass is 10.0. The van der Waals surface area contributed by atoms with Crippen molar-refractivity contribution >= 4 is 22.7 Å². The van der Waals surface area contributed by atoms with Crippen LogP contribution in [0.2, 0.25) is 0 Å². The molecule has 0 aliphatic rings. The summed E-state index contributed by atoms with van der Waals surface area (Å²) in [5, 5.41) is 3.94. The van der Waals surface area contributed by atoms with E-state index in [0.717, 1.165) is 20.6 Å². The van der Waals surface area contributed by atoms with Crippen molar-refractivity contribution in [1.29, 1.82) is 0 Å². The third-order valence-electron chi connectivity index (χ3n) is 2.25. The minimum absolute atomic E-state index is 0.510. The molecule has 0 bridgehead atoms. The molecule has 0 fully saturated rings. The van der Waals surface area contributed by atoms with Gasteiger partial charge in [0.05, 0.1) is 15.6 Å². The second-order valence-corrected chi connectivity index (χ2v) is 5.78. The van der Waals surface area contributed by atoms with E-state index < -0.39 is 5.54 Å². The van der Waals surface area contributed by atoms with Gasteiger partial charge in [-0.05, 0) is 20.8 Å². The summed E-state index contributed by atoms with van der Waals surface area (Å²) in [5.74, 6) is 0. The molecule has 0 radical (unpaired) electrons. The predicted molar refractivity (Wildman–Crippen MR) is 64.3 cm³/mol. The van der Waals surface area contributed by atoms with Crippen molar-refractivity contribution in [3.63, 3.8) is 0 Å². The van der Waals surface area contributed by atoms with Gasteiger partial charge in [-0.2, -0.15) is 0 Å². The van der Waals surface area contributed by atoms with Crippen LogP contribution in [0.4, 0.5) is 0 Å². The fraction of sp³-hybridized carbons (Fsp3) is 0.400. The van der Waals surface area contributed by atoms with Crippen LogP contribution in [0.15, 0.2) is 11.6 Å². The van der Waals surface area contributed by atoms with E-state index in [2.05, 4.69) is 9.97 Å². The van der Waals surface area contributed by atoms with Crippen LogP contribution >= 0.6 is 22.7 Å². The molecular formula is C10H13N3S2. The first-order valence-corrected chi connectivity index (χ1v) is 6.35. The Morgan fingerprint density at radius 1 is 1.40 bits per heavy atom. The largest absolute Gasteiger partial charge is 0.315 e. The normalized spacial score (nSPS) is 15.2. The zero-order chi connectivity index (χ0) is 11.1. The Kier molecular flexibility index (Phi) is 2.62. The molecule has 0 aliphatic heterocycles. The van der Waals surface area contributed by atoms with Gasteiger partial charge < -0.3 is 5.73 Å². The molecule has 80 valence electrons. The van der Waals surface area contributed by atoms with Crippen LogP contribution in [0.5, 0.6) is 0 Å². The Labute approximate surface area is 97.0 Å². The molecule has 0 saturated carbocycles. The van der Waals surface area contributed by atoms with Gasteiger partial charge in [-0.15, -0.1) is 22.7 Å². The third-order valence-corrected chi connectivity index (χ3v) is 4.57. The topological polar surface area (TPSA) is 51.8 Å². The molecule has 1 atom stereocenters. The molecule has 0 amide bonds. The first kappa shape index (κ1) is 10.7. The number of thiazole rings is 2. The van der Waals surface area contributed by atoms with Crippen LogP contribution in [0.3, 0.4) is 0 Å². The summed E-state index contributed by atoms with van der Waals surface area (Å²) >= 11 is 3.24. The van der Waals surface area contributed by atoms with Crippen molar-refractivity contribution in [2.24, 2.45) is 5.73 Å². The van der Waals surface area contributed by atoms with Gasteiger partial charge in [0, 0.05) is 11.6 Å². The van der Waals surface area contributed by atoms with Gasteiger partial charge in [-0.1, -0.05) is 0 Å². The second kappa shape index (κ2) is 3.66. The van der Waals surface area contributed by atoms with Crippen LogP contribution in [0.1, 0.15) is 27.5 Å². The van der Waals surface area contributed by atoms with E-state index in [1.54, 1.807) is 28.9 Å². The van der Waals surface area contributed by atoms with Crippen molar-refractivity contribution in [3.8, 4) is 0 Å². The molecule has 0 spiro atoms. The summed E-state index contributed by atoms with van der Waals surface area (Å²) in [4.78, 5) is 9.80. The van der Waals surface area contributed by atoms with Crippen LogP contribution in [-0.2, 0) is 5.54 Å². The van der Waals surface area contributed by atoms with Gasteiger partial charge in [0.1, 0.15) is 10.5 Å². The molecule has 5 heteroatoms. The molecule has 0 aromatic carbocycles. The Hall–Kier alpha value is -0.780. The van der Waals surface area contributed by atoms with Gasteiger partial charge >= 0.3 is 0 Å². The van der Waals surface area contributed by atoms with Gasteiger partial charge in [0.2, 0.25) is 0 Å². The van der Waals surface area contributed by atoms with Crippen LogP contribution in [0, 0.1) is 13.8 Å². The fourth-order valence-corrected chi connectivity index (χ4v) is 3.35. The highest BCUT2D eigenvalue weighted by atomic mass is 32.1. The van der Waals surface area contributed by atoms with Gasteiger partial charge in [0.15, 0.2) is 0 Å². The molecule has 1 unspecified atom stereocenters. The molecule has 2 N–H and O–H groups in total. The average Bonchev–Trinajstić information content (AvgIpc) is 2.74. The Morgan fingerprint density at radius 3 is 2.60 bits per heavy atom. The first-order chi connectivity index (χ1) is 7.01. The highest BCUT2D eigenvalue weighted by molar-refractivity contribution is 7.12. The number of hydrogen-bond donors (Lipinski definition) is 1. The fourth-order valence-electron chi connectivity index (χ4n) is 1.59. The van der Waals surface area contributed by atoms with E-state index in [1.807, 2.05) is 26.2 Å². The Bertz CT molecular complexity index is 457. The van der Waals surface area contributed by atoms with Crippen molar-refractivity contribution in [2.45, 2.75) is 26.3 Å². The molecule has 0 aliphatic carbocycles. The lowest BCUT2D eigenvalue weighted by Gasteiger charge is -2.20. The molecular weight excluding hydrogens is 226 g/mol. The van der Waals surface area contributed by atoms with Crippen molar-refractivity contribution < 1.29 is 0 Å². The summed E-state index contributed by atoms with van der Waals surface area (Å²) < 4.78 is 0. The van der Waals surface area contributed by atoms with E-state index in [4.69, 9.17) is 5.73 Å². The van der Waals surface area contributed by atoms with E-state index >= 15 is 0 Å². The summed E-state index contributed by atoms with van der Waals surface area (Å²) in [7, 11) is 0. The van der Waals surface area contributed by atoms with E-state index in [9.17, 15) is 0 Å². The molecule has 3 nitrogen and oxygen atoms in total. The maximum absolute atomic E-state index is 6.34. The highest BCUT2D eigenvalue weighted by Gasteiger charge is 2.30. The van der Waals surface area contributed by atoms with Crippen molar-refractivity contribution in [1.82, 2.24) is 9.97 Å². The van der Waals surface area contributed by atoms with Crippen LogP contribution in [-0.4, -0.2) is 9.97 Å². The minimum Gasteiger partial charge on any atom is -0.315 e. The molecule has 2 aromatic rings. The number of aromatic nitrogens is 2. The van der Waals surface area contributed by atoms with E-state index in [1.165, 1.54) is 0 Å². The zero-order valence-electron chi connectivity index (χ0n) is 8.94. The molecule has 2 rings (SSSR count). The second-order valence-electron chi connectivity index (χ2n) is 3.69. The van der Waals surface area contributed by atoms with Crippen molar-refractivity contribution in [3.05, 3.63) is 32.2 Å². The highest BCUT2D eigenvalue weighted by Crippen LogP contribution is 2.33. The third kappa shape index (κ3) is 1.82. The molecule has 2 heterocycles. The maximum atomic E-state index is 6.34. The lowest BCUT2D eigenvalue weighted by Crippen LogP contribution is -2.33. The van der Waals surface area contributed by atoms with Crippen LogP contribution in [0.25, 0.3) is 0 Å². The number of nitrogens with zero attached hydrogens (tertiary/aromatic N) is 2. The maximum Gasteiger partial charge on any atom is 0.118 e.